The Kier molecular flexibility index (Phi) is 2.79. The van der Waals surface area contributed by atoms with Crippen molar-refractivity contribution in [2.75, 3.05) is 19.6 Å². The molecule has 1 N–H and O–H groups in total. The van der Waals surface area contributed by atoms with Gasteiger partial charge in [0.15, 0.2) is 0 Å². The van der Waals surface area contributed by atoms with E-state index >= 15 is 0 Å². The molecular formula is C9H17N5. The maximum atomic E-state index is 4.09. The van der Waals surface area contributed by atoms with Gasteiger partial charge in [-0.15, -0.1) is 5.10 Å². The Balaban J connectivity index is 1.90. The number of nitrogens with zero attached hydrogens (tertiary/aromatic N) is 4. The molecule has 1 saturated heterocycles. The van der Waals surface area contributed by atoms with Crippen LogP contribution in [0.25, 0.3) is 0 Å². The number of aryl methyl sites for hydroxylation is 1. The third kappa shape index (κ3) is 2.30. The lowest BCUT2D eigenvalue weighted by atomic mass is 10.2. The van der Waals surface area contributed by atoms with Crippen molar-refractivity contribution in [2.24, 2.45) is 7.05 Å². The second kappa shape index (κ2) is 4.06. The standard InChI is InChI=1S/C9H17N5/c1-8-5-14(4-3-10-8)7-9-6-13(2)12-11-9/h6,8,10H,3-5,7H2,1-2H3. The van der Waals surface area contributed by atoms with Crippen LogP contribution in [-0.2, 0) is 13.6 Å². The van der Waals surface area contributed by atoms with E-state index in [1.54, 1.807) is 4.68 Å². The molecule has 14 heavy (non-hydrogen) atoms. The van der Waals surface area contributed by atoms with Gasteiger partial charge in [-0.25, -0.2) is 0 Å². The molecule has 1 aromatic heterocycles. The van der Waals surface area contributed by atoms with Crippen molar-refractivity contribution < 1.29 is 0 Å². The van der Waals surface area contributed by atoms with Gasteiger partial charge in [-0.1, -0.05) is 5.21 Å². The molecular weight excluding hydrogens is 178 g/mol. The van der Waals surface area contributed by atoms with Crippen LogP contribution in [0, 0.1) is 0 Å². The zero-order valence-corrected chi connectivity index (χ0v) is 8.77. The smallest absolute Gasteiger partial charge is 0.0967 e. The molecule has 1 aromatic rings. The second-order valence-electron chi connectivity index (χ2n) is 3.97. The van der Waals surface area contributed by atoms with Gasteiger partial charge < -0.3 is 5.32 Å². The first kappa shape index (κ1) is 9.61. The van der Waals surface area contributed by atoms with Gasteiger partial charge in [-0.3, -0.25) is 9.58 Å². The quantitative estimate of drug-likeness (QED) is 0.698. The van der Waals surface area contributed by atoms with E-state index in [4.69, 9.17) is 0 Å². The third-order valence-electron chi connectivity index (χ3n) is 2.49. The van der Waals surface area contributed by atoms with Gasteiger partial charge in [-0.2, -0.15) is 0 Å². The fourth-order valence-electron chi connectivity index (χ4n) is 1.85. The summed E-state index contributed by atoms with van der Waals surface area (Å²) in [6.45, 7) is 6.39. The lowest BCUT2D eigenvalue weighted by molar-refractivity contribution is 0.197. The minimum Gasteiger partial charge on any atom is -0.312 e. The first-order valence-electron chi connectivity index (χ1n) is 5.05. The fraction of sp³-hybridized carbons (Fsp3) is 0.778. The number of hydrogen-bond donors (Lipinski definition) is 1. The summed E-state index contributed by atoms with van der Waals surface area (Å²) >= 11 is 0. The van der Waals surface area contributed by atoms with Crippen molar-refractivity contribution in [3.63, 3.8) is 0 Å². The lowest BCUT2D eigenvalue weighted by Gasteiger charge is -2.30. The molecule has 0 saturated carbocycles. The van der Waals surface area contributed by atoms with Crippen molar-refractivity contribution in [1.82, 2.24) is 25.2 Å². The Morgan fingerprint density at radius 1 is 1.64 bits per heavy atom. The normalized spacial score (nSPS) is 24.0. The SMILES string of the molecule is CC1CN(Cc2cn(C)nn2)CCN1. The maximum absolute atomic E-state index is 4.09. The summed E-state index contributed by atoms with van der Waals surface area (Å²) in [5.41, 5.74) is 1.06. The predicted octanol–water partition coefficient (Wildman–Crippen LogP) is -0.391. The zero-order valence-electron chi connectivity index (χ0n) is 8.77. The Bertz CT molecular complexity index is 295. The van der Waals surface area contributed by atoms with Crippen molar-refractivity contribution >= 4 is 0 Å². The summed E-state index contributed by atoms with van der Waals surface area (Å²) in [6, 6.07) is 0.584. The highest BCUT2D eigenvalue weighted by Gasteiger charge is 2.16. The van der Waals surface area contributed by atoms with Gasteiger partial charge in [-0.05, 0) is 6.92 Å². The summed E-state index contributed by atoms with van der Waals surface area (Å²) < 4.78 is 1.75. The van der Waals surface area contributed by atoms with Crippen LogP contribution in [0.15, 0.2) is 6.20 Å². The molecule has 1 fully saturated rings. The van der Waals surface area contributed by atoms with Crippen molar-refractivity contribution in [1.29, 1.82) is 0 Å². The molecule has 0 bridgehead atoms. The third-order valence-corrected chi connectivity index (χ3v) is 2.49. The van der Waals surface area contributed by atoms with Crippen LogP contribution in [-0.4, -0.2) is 45.6 Å². The molecule has 1 unspecified atom stereocenters. The van der Waals surface area contributed by atoms with E-state index in [9.17, 15) is 0 Å². The molecule has 0 spiro atoms. The molecule has 1 atom stereocenters. The van der Waals surface area contributed by atoms with Gasteiger partial charge in [0, 0.05) is 45.5 Å². The van der Waals surface area contributed by atoms with Crippen LogP contribution in [0.4, 0.5) is 0 Å². The van der Waals surface area contributed by atoms with Crippen molar-refractivity contribution in [3.8, 4) is 0 Å². The minimum absolute atomic E-state index is 0.584. The van der Waals surface area contributed by atoms with E-state index < -0.39 is 0 Å². The average Bonchev–Trinajstić information content (AvgIpc) is 2.51. The van der Waals surface area contributed by atoms with E-state index in [0.717, 1.165) is 31.9 Å². The number of piperazine rings is 1. The summed E-state index contributed by atoms with van der Waals surface area (Å²) in [4.78, 5) is 2.41. The highest BCUT2D eigenvalue weighted by molar-refractivity contribution is 4.92. The van der Waals surface area contributed by atoms with Gasteiger partial charge in [0.1, 0.15) is 0 Å². The summed E-state index contributed by atoms with van der Waals surface area (Å²) in [5, 5.41) is 11.4. The van der Waals surface area contributed by atoms with E-state index in [2.05, 4.69) is 27.5 Å². The highest BCUT2D eigenvalue weighted by Crippen LogP contribution is 2.03. The minimum atomic E-state index is 0.584. The Hall–Kier alpha value is -0.940. The number of aromatic nitrogens is 3. The van der Waals surface area contributed by atoms with E-state index in [0.29, 0.717) is 6.04 Å². The Labute approximate surface area is 84.1 Å². The Morgan fingerprint density at radius 3 is 3.14 bits per heavy atom. The van der Waals surface area contributed by atoms with E-state index in [-0.39, 0.29) is 0 Å². The van der Waals surface area contributed by atoms with Crippen LogP contribution in [0.1, 0.15) is 12.6 Å². The predicted molar refractivity (Wildman–Crippen MR) is 53.7 cm³/mol. The fourth-order valence-corrected chi connectivity index (χ4v) is 1.85. The average molecular weight is 195 g/mol. The molecule has 2 rings (SSSR count). The zero-order chi connectivity index (χ0) is 9.97. The Morgan fingerprint density at radius 2 is 2.50 bits per heavy atom. The molecule has 5 heteroatoms. The number of nitrogens with one attached hydrogen (secondary N) is 1. The molecule has 2 heterocycles. The van der Waals surface area contributed by atoms with Crippen molar-refractivity contribution in [2.45, 2.75) is 19.5 Å². The second-order valence-corrected chi connectivity index (χ2v) is 3.97. The first-order valence-corrected chi connectivity index (χ1v) is 5.05. The van der Waals surface area contributed by atoms with E-state index in [1.807, 2.05) is 13.2 Å². The van der Waals surface area contributed by atoms with E-state index in [1.165, 1.54) is 0 Å². The number of hydrogen-bond acceptors (Lipinski definition) is 4. The highest BCUT2D eigenvalue weighted by atomic mass is 15.4. The van der Waals surface area contributed by atoms with Crippen LogP contribution in [0.2, 0.25) is 0 Å². The molecule has 0 aliphatic carbocycles. The summed E-state index contributed by atoms with van der Waals surface area (Å²) in [6.07, 6.45) is 1.98. The molecule has 0 radical (unpaired) electrons. The van der Waals surface area contributed by atoms with Crippen molar-refractivity contribution in [3.05, 3.63) is 11.9 Å². The molecule has 5 nitrogen and oxygen atoms in total. The summed E-state index contributed by atoms with van der Waals surface area (Å²) in [5.74, 6) is 0. The molecule has 1 aliphatic heterocycles. The molecule has 78 valence electrons. The monoisotopic (exact) mass is 195 g/mol. The van der Waals surface area contributed by atoms with Gasteiger partial charge >= 0.3 is 0 Å². The van der Waals surface area contributed by atoms with Gasteiger partial charge in [0.25, 0.3) is 0 Å². The molecule has 0 aromatic carbocycles. The van der Waals surface area contributed by atoms with Crippen LogP contribution < -0.4 is 5.32 Å². The topological polar surface area (TPSA) is 46.0 Å². The largest absolute Gasteiger partial charge is 0.312 e. The van der Waals surface area contributed by atoms with Crippen LogP contribution in [0.3, 0.4) is 0 Å². The summed E-state index contributed by atoms with van der Waals surface area (Å²) in [7, 11) is 1.90. The lowest BCUT2D eigenvalue weighted by Crippen LogP contribution is -2.48. The molecule has 0 amide bonds. The van der Waals surface area contributed by atoms with Crippen LogP contribution >= 0.6 is 0 Å². The number of rotatable bonds is 2. The van der Waals surface area contributed by atoms with Gasteiger partial charge in [0.05, 0.1) is 5.69 Å². The molecule has 1 aliphatic rings. The maximum Gasteiger partial charge on any atom is 0.0967 e. The van der Waals surface area contributed by atoms with Gasteiger partial charge in [0.2, 0.25) is 0 Å². The first-order chi connectivity index (χ1) is 6.74. The van der Waals surface area contributed by atoms with Crippen LogP contribution in [0.5, 0.6) is 0 Å².